The maximum absolute atomic E-state index is 10.8. The van der Waals surface area contributed by atoms with Crippen molar-refractivity contribution in [3.63, 3.8) is 0 Å². The zero-order valence-corrected chi connectivity index (χ0v) is 8.64. The molecule has 1 aromatic rings. The molecule has 0 aliphatic rings. The SMILES string of the molecule is COC(=O)CNN(N)Cc1ccccc1. The van der Waals surface area contributed by atoms with Gasteiger partial charge in [0.1, 0.15) is 6.54 Å². The number of carbonyl (C=O) groups is 1. The number of nitrogens with one attached hydrogen (secondary N) is 1. The van der Waals surface area contributed by atoms with Gasteiger partial charge in [0.15, 0.2) is 0 Å². The molecule has 5 nitrogen and oxygen atoms in total. The van der Waals surface area contributed by atoms with Gasteiger partial charge in [-0.15, -0.1) is 0 Å². The minimum atomic E-state index is -0.349. The summed E-state index contributed by atoms with van der Waals surface area (Å²) in [6.45, 7) is 0.595. The van der Waals surface area contributed by atoms with Gasteiger partial charge in [0.05, 0.1) is 13.7 Å². The maximum atomic E-state index is 10.8. The third kappa shape index (κ3) is 4.55. The topological polar surface area (TPSA) is 67.6 Å². The van der Waals surface area contributed by atoms with Crippen molar-refractivity contribution in [1.82, 2.24) is 10.5 Å². The third-order valence-electron chi connectivity index (χ3n) is 1.85. The Morgan fingerprint density at radius 1 is 1.47 bits per heavy atom. The van der Waals surface area contributed by atoms with Crippen molar-refractivity contribution in [2.24, 2.45) is 5.84 Å². The first-order valence-corrected chi connectivity index (χ1v) is 4.59. The van der Waals surface area contributed by atoms with E-state index in [0.29, 0.717) is 6.54 Å². The number of hydrazine groups is 2. The molecular formula is C10H15N3O2. The Balaban J connectivity index is 2.30. The maximum Gasteiger partial charge on any atom is 0.321 e. The van der Waals surface area contributed by atoms with Crippen LogP contribution in [-0.2, 0) is 16.1 Å². The second kappa shape index (κ2) is 6.13. The van der Waals surface area contributed by atoms with E-state index in [-0.39, 0.29) is 12.5 Å². The zero-order valence-electron chi connectivity index (χ0n) is 8.64. The highest BCUT2D eigenvalue weighted by atomic mass is 16.5. The number of nitrogens with zero attached hydrogens (tertiary/aromatic N) is 1. The van der Waals surface area contributed by atoms with Crippen molar-refractivity contribution in [3.8, 4) is 0 Å². The molecule has 0 fully saturated rings. The fourth-order valence-corrected chi connectivity index (χ4v) is 1.07. The summed E-state index contributed by atoms with van der Waals surface area (Å²) in [4.78, 5) is 10.8. The molecule has 0 bridgehead atoms. The molecule has 3 N–H and O–H groups in total. The van der Waals surface area contributed by atoms with Crippen molar-refractivity contribution >= 4 is 5.97 Å². The molecule has 82 valence electrons. The van der Waals surface area contributed by atoms with E-state index in [2.05, 4.69) is 10.2 Å². The molecule has 0 radical (unpaired) electrons. The number of hydrogen-bond acceptors (Lipinski definition) is 5. The van der Waals surface area contributed by atoms with Crippen LogP contribution in [0.1, 0.15) is 5.56 Å². The molecule has 0 unspecified atom stereocenters. The van der Waals surface area contributed by atoms with Gasteiger partial charge in [-0.25, -0.2) is 5.43 Å². The average molecular weight is 209 g/mol. The normalized spacial score (nSPS) is 10.3. The smallest absolute Gasteiger partial charge is 0.321 e. The van der Waals surface area contributed by atoms with Gasteiger partial charge in [-0.05, 0) is 5.56 Å². The Morgan fingerprint density at radius 3 is 2.73 bits per heavy atom. The number of nitrogens with two attached hydrogens (primary N) is 1. The van der Waals surface area contributed by atoms with Crippen molar-refractivity contribution < 1.29 is 9.53 Å². The molecule has 0 saturated carbocycles. The second-order valence-corrected chi connectivity index (χ2v) is 3.02. The Labute approximate surface area is 88.8 Å². The molecule has 0 spiro atoms. The van der Waals surface area contributed by atoms with Crippen LogP contribution >= 0.6 is 0 Å². The van der Waals surface area contributed by atoms with Crippen LogP contribution in [0.25, 0.3) is 0 Å². The summed E-state index contributed by atoms with van der Waals surface area (Å²) in [5, 5.41) is 1.35. The van der Waals surface area contributed by atoms with Crippen molar-refractivity contribution in [2.45, 2.75) is 6.54 Å². The van der Waals surface area contributed by atoms with Crippen LogP contribution < -0.4 is 11.3 Å². The third-order valence-corrected chi connectivity index (χ3v) is 1.85. The van der Waals surface area contributed by atoms with Gasteiger partial charge in [0.25, 0.3) is 0 Å². The summed E-state index contributed by atoms with van der Waals surface area (Å²) in [5.74, 6) is 5.27. The summed E-state index contributed by atoms with van der Waals surface area (Å²) < 4.78 is 4.47. The van der Waals surface area contributed by atoms with Gasteiger partial charge in [-0.3, -0.25) is 10.6 Å². The highest BCUT2D eigenvalue weighted by Crippen LogP contribution is 1.99. The first-order chi connectivity index (χ1) is 7.22. The first-order valence-electron chi connectivity index (χ1n) is 4.59. The van der Waals surface area contributed by atoms with Crippen LogP contribution in [0.15, 0.2) is 30.3 Å². The van der Waals surface area contributed by atoms with Crippen molar-refractivity contribution in [2.75, 3.05) is 13.7 Å². The van der Waals surface area contributed by atoms with E-state index in [0.717, 1.165) is 5.56 Å². The van der Waals surface area contributed by atoms with E-state index in [1.807, 2.05) is 30.3 Å². The minimum Gasteiger partial charge on any atom is -0.468 e. The van der Waals surface area contributed by atoms with Gasteiger partial charge in [-0.1, -0.05) is 30.3 Å². The molecule has 0 saturated heterocycles. The van der Waals surface area contributed by atoms with Gasteiger partial charge in [0, 0.05) is 0 Å². The van der Waals surface area contributed by atoms with E-state index in [9.17, 15) is 4.79 Å². The predicted molar refractivity (Wildman–Crippen MR) is 56.2 cm³/mol. The molecule has 0 aliphatic carbocycles. The van der Waals surface area contributed by atoms with E-state index in [4.69, 9.17) is 5.84 Å². The highest BCUT2D eigenvalue weighted by Gasteiger charge is 2.03. The molecule has 0 aliphatic heterocycles. The lowest BCUT2D eigenvalue weighted by Crippen LogP contribution is -2.45. The minimum absolute atomic E-state index is 0.0693. The number of carbonyl (C=O) groups excluding carboxylic acids is 1. The Hall–Kier alpha value is -1.43. The first kappa shape index (κ1) is 11.6. The van der Waals surface area contributed by atoms with E-state index in [1.54, 1.807) is 0 Å². The van der Waals surface area contributed by atoms with Gasteiger partial charge in [0.2, 0.25) is 0 Å². The average Bonchev–Trinajstić information content (AvgIpc) is 2.27. The summed E-state index contributed by atoms with van der Waals surface area (Å²) in [7, 11) is 1.34. The van der Waals surface area contributed by atoms with Gasteiger partial charge in [-0.2, -0.15) is 5.12 Å². The van der Waals surface area contributed by atoms with E-state index >= 15 is 0 Å². The summed E-state index contributed by atoms with van der Waals surface area (Å²) in [6.07, 6.45) is 0. The van der Waals surface area contributed by atoms with Crippen LogP contribution in [0.3, 0.4) is 0 Å². The molecule has 0 heterocycles. The van der Waals surface area contributed by atoms with Crippen LogP contribution in [0.2, 0.25) is 0 Å². The molecule has 1 rings (SSSR count). The quantitative estimate of drug-likeness (QED) is 0.407. The van der Waals surface area contributed by atoms with Crippen LogP contribution in [0.5, 0.6) is 0 Å². The number of rotatable bonds is 5. The largest absolute Gasteiger partial charge is 0.468 e. The number of methoxy groups -OCH3 is 1. The summed E-state index contributed by atoms with van der Waals surface area (Å²) in [6, 6.07) is 9.72. The molecule has 1 aromatic carbocycles. The highest BCUT2D eigenvalue weighted by molar-refractivity contribution is 5.71. The molecule has 15 heavy (non-hydrogen) atoms. The number of hydrogen-bond donors (Lipinski definition) is 2. The molecule has 5 heteroatoms. The van der Waals surface area contributed by atoms with Gasteiger partial charge < -0.3 is 4.74 Å². The molecular weight excluding hydrogens is 194 g/mol. The fourth-order valence-electron chi connectivity index (χ4n) is 1.07. The monoisotopic (exact) mass is 209 g/mol. The standard InChI is InChI=1S/C10H15N3O2/c1-15-10(14)7-12-13(11)8-9-5-3-2-4-6-9/h2-6,12H,7-8,11H2,1H3. The number of ether oxygens (including phenoxy) is 1. The van der Waals surface area contributed by atoms with E-state index < -0.39 is 0 Å². The number of esters is 1. The van der Waals surface area contributed by atoms with Crippen molar-refractivity contribution in [1.29, 1.82) is 0 Å². The lowest BCUT2D eigenvalue weighted by atomic mass is 10.2. The van der Waals surface area contributed by atoms with Crippen LogP contribution in [-0.4, -0.2) is 24.7 Å². The molecule has 0 atom stereocenters. The van der Waals surface area contributed by atoms with Crippen LogP contribution in [0.4, 0.5) is 0 Å². The number of benzene rings is 1. The summed E-state index contributed by atoms with van der Waals surface area (Å²) >= 11 is 0. The fraction of sp³-hybridized carbons (Fsp3) is 0.300. The Bertz CT molecular complexity index is 303. The predicted octanol–water partition coefficient (Wildman–Crippen LogP) is 0.0399. The lowest BCUT2D eigenvalue weighted by molar-refractivity contribution is -0.140. The molecule has 0 amide bonds. The lowest BCUT2D eigenvalue weighted by Gasteiger charge is -2.16. The van der Waals surface area contributed by atoms with Crippen LogP contribution in [0, 0.1) is 0 Å². The van der Waals surface area contributed by atoms with Gasteiger partial charge >= 0.3 is 5.97 Å². The second-order valence-electron chi connectivity index (χ2n) is 3.02. The Kier molecular flexibility index (Phi) is 4.76. The van der Waals surface area contributed by atoms with E-state index in [1.165, 1.54) is 12.2 Å². The van der Waals surface area contributed by atoms with Crippen molar-refractivity contribution in [3.05, 3.63) is 35.9 Å². The summed E-state index contributed by atoms with van der Waals surface area (Å²) in [5.41, 5.74) is 3.79. The molecule has 0 aromatic heterocycles. The Morgan fingerprint density at radius 2 is 2.13 bits per heavy atom. The zero-order chi connectivity index (χ0) is 11.1.